The second-order valence-electron chi connectivity index (χ2n) is 8.10. The predicted molar refractivity (Wildman–Crippen MR) is 132 cm³/mol. The van der Waals surface area contributed by atoms with E-state index >= 15 is 4.39 Å². The number of carbonyl (C=O) groups excluding carboxylic acids is 1. The molecule has 188 valence electrons. The molecule has 0 aliphatic heterocycles. The van der Waals surface area contributed by atoms with Crippen molar-refractivity contribution >= 4 is 32.5 Å². The Bertz CT molecular complexity index is 1720. The van der Waals surface area contributed by atoms with Crippen molar-refractivity contribution in [2.75, 3.05) is 10.5 Å². The van der Waals surface area contributed by atoms with Gasteiger partial charge < -0.3 is 4.98 Å². The lowest BCUT2D eigenvalue weighted by molar-refractivity contribution is 0.103. The maximum Gasteiger partial charge on any atom is 0.234 e. The average molecular weight is 524 g/mol. The Balaban J connectivity index is 1.52. The minimum Gasteiger partial charge on any atom is -0.345 e. The maximum atomic E-state index is 15.2. The Morgan fingerprint density at radius 1 is 1.11 bits per heavy atom. The molecule has 1 aromatic carbocycles. The van der Waals surface area contributed by atoms with Crippen LogP contribution < -0.4 is 4.72 Å². The largest absolute Gasteiger partial charge is 0.345 e. The predicted octanol–water partition coefficient (Wildman–Crippen LogP) is 3.87. The van der Waals surface area contributed by atoms with Crippen molar-refractivity contribution in [1.82, 2.24) is 29.5 Å². The van der Waals surface area contributed by atoms with Gasteiger partial charge in [0.2, 0.25) is 21.8 Å². The number of fused-ring (bicyclic) bond motifs is 1. The summed E-state index contributed by atoms with van der Waals surface area (Å²) in [5.74, 6) is -3.23. The van der Waals surface area contributed by atoms with Crippen LogP contribution in [0.15, 0.2) is 61.7 Å². The zero-order valence-electron chi connectivity index (χ0n) is 19.3. The van der Waals surface area contributed by atoms with E-state index in [-0.39, 0.29) is 11.3 Å². The third kappa shape index (κ3) is 4.68. The molecule has 0 bridgehead atoms. The molecule has 0 aliphatic carbocycles. The smallest absolute Gasteiger partial charge is 0.234 e. The van der Waals surface area contributed by atoms with Crippen LogP contribution in [-0.4, -0.2) is 49.4 Å². The number of halogens is 2. The lowest BCUT2D eigenvalue weighted by Gasteiger charge is -2.11. The van der Waals surface area contributed by atoms with Crippen LogP contribution in [0.5, 0.6) is 0 Å². The lowest BCUT2D eigenvalue weighted by atomic mass is 10.0. The van der Waals surface area contributed by atoms with E-state index in [0.717, 1.165) is 12.1 Å². The van der Waals surface area contributed by atoms with Crippen LogP contribution in [-0.2, 0) is 10.0 Å². The van der Waals surface area contributed by atoms with E-state index in [1.54, 1.807) is 54.9 Å². The number of sulfonamides is 1. The number of nitrogens with one attached hydrogen (secondary N) is 2. The highest BCUT2D eigenvalue weighted by molar-refractivity contribution is 7.92. The molecule has 0 amide bonds. The number of aromatic nitrogens is 6. The molecule has 4 heterocycles. The fourth-order valence-corrected chi connectivity index (χ4v) is 4.92. The van der Waals surface area contributed by atoms with E-state index in [1.165, 1.54) is 6.20 Å². The first-order chi connectivity index (χ1) is 17.8. The molecule has 0 fully saturated rings. The van der Waals surface area contributed by atoms with Gasteiger partial charge in [0, 0.05) is 59.3 Å². The Hall–Kier alpha value is -4.52. The number of rotatable bonds is 8. The van der Waals surface area contributed by atoms with Crippen molar-refractivity contribution in [2.45, 2.75) is 13.3 Å². The molecule has 4 aromatic heterocycles. The van der Waals surface area contributed by atoms with Gasteiger partial charge in [0.05, 0.1) is 17.0 Å². The molecular formula is C24H19F2N7O3S. The molecule has 10 nitrogen and oxygen atoms in total. The molecule has 0 aliphatic rings. The fourth-order valence-electron chi connectivity index (χ4n) is 3.79. The number of H-pyrrole nitrogens is 1. The highest BCUT2D eigenvalue weighted by atomic mass is 32.2. The molecule has 0 saturated heterocycles. The van der Waals surface area contributed by atoms with Gasteiger partial charge in [0.1, 0.15) is 17.8 Å². The van der Waals surface area contributed by atoms with Gasteiger partial charge in [-0.25, -0.2) is 37.1 Å². The second-order valence-corrected chi connectivity index (χ2v) is 9.94. The highest BCUT2D eigenvalue weighted by Crippen LogP contribution is 2.29. The molecule has 5 rings (SSSR count). The highest BCUT2D eigenvalue weighted by Gasteiger charge is 2.26. The number of carbonyl (C=O) groups is 1. The summed E-state index contributed by atoms with van der Waals surface area (Å²) in [5.41, 5.74) is 0.0706. The Morgan fingerprint density at radius 2 is 1.86 bits per heavy atom. The molecule has 0 saturated carbocycles. The van der Waals surface area contributed by atoms with Crippen molar-refractivity contribution < 1.29 is 22.0 Å². The van der Waals surface area contributed by atoms with Crippen LogP contribution >= 0.6 is 0 Å². The van der Waals surface area contributed by atoms with Crippen LogP contribution in [0, 0.1) is 11.6 Å². The topological polar surface area (TPSA) is 136 Å². The van der Waals surface area contributed by atoms with Gasteiger partial charge in [-0.3, -0.25) is 14.1 Å². The molecule has 2 N–H and O–H groups in total. The summed E-state index contributed by atoms with van der Waals surface area (Å²) in [6, 6.07) is 3.42. The van der Waals surface area contributed by atoms with Crippen molar-refractivity contribution in [3.8, 4) is 17.1 Å². The first-order valence-corrected chi connectivity index (χ1v) is 12.7. The Kier molecular flexibility index (Phi) is 6.21. The standard InChI is InChI=1S/C24H19F2N7O3S/c1-2-7-37(35,36)32-19-4-3-18(25)20(21(19)26)22(34)17-12-29-23-16(17)8-14(9-28-23)15-10-30-24(31-11-15)33-6-5-27-13-33/h3-6,8-13,32H,2,7H2,1H3,(H,28,29). The van der Waals surface area contributed by atoms with E-state index < -0.39 is 38.7 Å². The summed E-state index contributed by atoms with van der Waals surface area (Å²) in [4.78, 5) is 33.0. The number of pyridine rings is 1. The zero-order chi connectivity index (χ0) is 26.2. The van der Waals surface area contributed by atoms with Gasteiger partial charge in [0.15, 0.2) is 5.82 Å². The molecule has 13 heteroatoms. The van der Waals surface area contributed by atoms with E-state index in [0.29, 0.717) is 34.5 Å². The number of anilines is 1. The minimum atomic E-state index is -3.86. The van der Waals surface area contributed by atoms with Gasteiger partial charge >= 0.3 is 0 Å². The van der Waals surface area contributed by atoms with Gasteiger partial charge in [-0.1, -0.05) is 6.92 Å². The number of ketones is 1. The van der Waals surface area contributed by atoms with Crippen molar-refractivity contribution in [1.29, 1.82) is 0 Å². The van der Waals surface area contributed by atoms with E-state index in [9.17, 15) is 17.6 Å². The number of imidazole rings is 1. The quantitative estimate of drug-likeness (QED) is 0.295. The van der Waals surface area contributed by atoms with E-state index in [1.807, 2.05) is 0 Å². The summed E-state index contributed by atoms with van der Waals surface area (Å²) < 4.78 is 57.8. The zero-order valence-corrected chi connectivity index (χ0v) is 20.1. The van der Waals surface area contributed by atoms with Crippen LogP contribution in [0.1, 0.15) is 29.3 Å². The van der Waals surface area contributed by atoms with E-state index in [2.05, 4.69) is 29.6 Å². The fraction of sp³-hybridized carbons (Fsp3) is 0.125. The Morgan fingerprint density at radius 3 is 2.57 bits per heavy atom. The average Bonchev–Trinajstić information content (AvgIpc) is 3.56. The maximum absolute atomic E-state index is 15.2. The van der Waals surface area contributed by atoms with Crippen molar-refractivity contribution in [3.05, 3.63) is 84.5 Å². The summed E-state index contributed by atoms with van der Waals surface area (Å²) in [6.45, 7) is 1.65. The monoisotopic (exact) mass is 523 g/mol. The van der Waals surface area contributed by atoms with Gasteiger partial charge in [-0.15, -0.1) is 0 Å². The first kappa shape index (κ1) is 24.2. The van der Waals surface area contributed by atoms with Crippen molar-refractivity contribution in [2.24, 2.45) is 0 Å². The molecule has 0 atom stereocenters. The molecule has 37 heavy (non-hydrogen) atoms. The third-order valence-corrected chi connectivity index (χ3v) is 7.02. The normalized spacial score (nSPS) is 11.6. The summed E-state index contributed by atoms with van der Waals surface area (Å²) >= 11 is 0. The number of hydrogen-bond donors (Lipinski definition) is 2. The van der Waals surface area contributed by atoms with Gasteiger partial charge in [0.25, 0.3) is 0 Å². The van der Waals surface area contributed by atoms with Crippen molar-refractivity contribution in [3.63, 3.8) is 0 Å². The summed E-state index contributed by atoms with van der Waals surface area (Å²) in [6.07, 6.45) is 11.1. The Labute approximate surface area is 209 Å². The van der Waals surface area contributed by atoms with Crippen LogP contribution in [0.4, 0.5) is 14.5 Å². The minimum absolute atomic E-state index is 0.0355. The summed E-state index contributed by atoms with van der Waals surface area (Å²) in [7, 11) is -3.86. The molecular weight excluding hydrogens is 504 g/mol. The molecule has 0 unspecified atom stereocenters. The third-order valence-electron chi connectivity index (χ3n) is 5.54. The number of aromatic amines is 1. The summed E-state index contributed by atoms with van der Waals surface area (Å²) in [5, 5.41) is 0.317. The van der Waals surface area contributed by atoms with Crippen LogP contribution in [0.2, 0.25) is 0 Å². The molecule has 0 spiro atoms. The molecule has 5 aromatic rings. The SMILES string of the molecule is CCCS(=O)(=O)Nc1ccc(F)c(C(=O)c2c[nH]c3ncc(-c4cnc(-n5ccnc5)nc4)cc23)c1F. The lowest BCUT2D eigenvalue weighted by Crippen LogP contribution is -2.18. The second kappa shape index (κ2) is 9.50. The van der Waals surface area contributed by atoms with Crippen LogP contribution in [0.3, 0.4) is 0 Å². The van der Waals surface area contributed by atoms with E-state index in [4.69, 9.17) is 0 Å². The first-order valence-electron chi connectivity index (χ1n) is 11.1. The van der Waals surface area contributed by atoms with Gasteiger partial charge in [-0.05, 0) is 24.6 Å². The number of hydrogen-bond acceptors (Lipinski definition) is 7. The number of benzene rings is 1. The van der Waals surface area contributed by atoms with Crippen LogP contribution in [0.25, 0.3) is 28.1 Å². The molecule has 0 radical (unpaired) electrons. The van der Waals surface area contributed by atoms with Gasteiger partial charge in [-0.2, -0.15) is 0 Å². The number of nitrogens with zero attached hydrogens (tertiary/aromatic N) is 5.